The number of carbonyl (C=O) groups is 2. The number of carbonyl (C=O) groups excluding carboxylic acids is 2. The summed E-state index contributed by atoms with van der Waals surface area (Å²) in [7, 11) is 1.55. The summed E-state index contributed by atoms with van der Waals surface area (Å²) in [5, 5.41) is 3.16. The van der Waals surface area contributed by atoms with Gasteiger partial charge in [-0.2, -0.15) is 0 Å². The highest BCUT2D eigenvalue weighted by molar-refractivity contribution is 9.10. The summed E-state index contributed by atoms with van der Waals surface area (Å²) in [6.45, 7) is 4.45. The van der Waals surface area contributed by atoms with Crippen LogP contribution in [0.2, 0.25) is 0 Å². The van der Waals surface area contributed by atoms with E-state index in [1.54, 1.807) is 7.11 Å². The fraction of sp³-hybridized carbons (Fsp3) is 0.238. The third-order valence-corrected chi connectivity index (χ3v) is 4.93. The standard InChI is InChI=1S/C21H21BrN2O3/c1-13-7-8-17(14(2)11-13)18-19(23-16-6-4-5-15(22)12-16)21(26)24(20(18)25)9-10-27-3/h4-8,11-12,23H,9-10H2,1-3H3. The zero-order valence-corrected chi connectivity index (χ0v) is 17.1. The third-order valence-electron chi connectivity index (χ3n) is 4.43. The molecule has 0 aliphatic carbocycles. The minimum atomic E-state index is -0.341. The highest BCUT2D eigenvalue weighted by Crippen LogP contribution is 2.32. The average Bonchev–Trinajstić information content (AvgIpc) is 2.84. The zero-order valence-electron chi connectivity index (χ0n) is 15.5. The van der Waals surface area contributed by atoms with Gasteiger partial charge in [0, 0.05) is 17.3 Å². The highest BCUT2D eigenvalue weighted by Gasteiger charge is 2.39. The molecule has 2 aromatic rings. The number of amides is 2. The number of rotatable bonds is 6. The number of imide groups is 1. The molecular weight excluding hydrogens is 408 g/mol. The van der Waals surface area contributed by atoms with Crippen LogP contribution in [0.25, 0.3) is 5.57 Å². The number of anilines is 1. The monoisotopic (exact) mass is 428 g/mol. The van der Waals surface area contributed by atoms with E-state index in [2.05, 4.69) is 21.2 Å². The van der Waals surface area contributed by atoms with Gasteiger partial charge in [0.05, 0.1) is 18.7 Å². The maximum Gasteiger partial charge on any atom is 0.278 e. The van der Waals surface area contributed by atoms with Crippen molar-refractivity contribution in [2.45, 2.75) is 13.8 Å². The zero-order chi connectivity index (χ0) is 19.6. The lowest BCUT2D eigenvalue weighted by molar-refractivity contribution is -0.137. The van der Waals surface area contributed by atoms with Gasteiger partial charge in [-0.15, -0.1) is 0 Å². The lowest BCUT2D eigenvalue weighted by Gasteiger charge is -2.14. The maximum absolute atomic E-state index is 13.1. The molecule has 0 atom stereocenters. The van der Waals surface area contributed by atoms with Gasteiger partial charge < -0.3 is 10.1 Å². The van der Waals surface area contributed by atoms with Crippen LogP contribution in [0.4, 0.5) is 5.69 Å². The average molecular weight is 429 g/mol. The minimum Gasteiger partial charge on any atom is -0.383 e. The first kappa shape index (κ1) is 19.3. The van der Waals surface area contributed by atoms with Crippen LogP contribution in [0.15, 0.2) is 52.6 Å². The Kier molecular flexibility index (Phi) is 5.77. The minimum absolute atomic E-state index is 0.215. The van der Waals surface area contributed by atoms with Crippen LogP contribution in [0, 0.1) is 13.8 Å². The molecule has 3 rings (SSSR count). The Labute approximate surface area is 167 Å². The van der Waals surface area contributed by atoms with Gasteiger partial charge in [-0.1, -0.05) is 45.8 Å². The van der Waals surface area contributed by atoms with Gasteiger partial charge in [0.15, 0.2) is 0 Å². The van der Waals surface area contributed by atoms with E-state index in [9.17, 15) is 9.59 Å². The Morgan fingerprint density at radius 2 is 1.85 bits per heavy atom. The van der Waals surface area contributed by atoms with Crippen LogP contribution in [0.3, 0.4) is 0 Å². The summed E-state index contributed by atoms with van der Waals surface area (Å²) < 4.78 is 5.94. The molecular formula is C21H21BrN2O3. The lowest BCUT2D eigenvalue weighted by atomic mass is 9.97. The Morgan fingerprint density at radius 3 is 2.52 bits per heavy atom. The predicted molar refractivity (Wildman–Crippen MR) is 109 cm³/mol. The molecule has 1 aliphatic rings. The molecule has 0 aromatic heterocycles. The molecule has 6 heteroatoms. The molecule has 0 spiro atoms. The van der Waals surface area contributed by atoms with Gasteiger partial charge in [0.25, 0.3) is 11.8 Å². The normalized spacial score (nSPS) is 14.3. The Hall–Kier alpha value is -2.44. The van der Waals surface area contributed by atoms with Crippen molar-refractivity contribution in [1.82, 2.24) is 4.90 Å². The molecule has 0 unspecified atom stereocenters. The van der Waals surface area contributed by atoms with E-state index >= 15 is 0 Å². The van der Waals surface area contributed by atoms with E-state index in [0.29, 0.717) is 17.9 Å². The number of hydrogen-bond donors (Lipinski definition) is 1. The molecule has 1 heterocycles. The highest BCUT2D eigenvalue weighted by atomic mass is 79.9. The Bertz CT molecular complexity index is 937. The molecule has 1 N–H and O–H groups in total. The van der Waals surface area contributed by atoms with Crippen LogP contribution < -0.4 is 5.32 Å². The van der Waals surface area contributed by atoms with Crippen molar-refractivity contribution in [3.8, 4) is 0 Å². The number of hydrogen-bond acceptors (Lipinski definition) is 4. The number of benzene rings is 2. The molecule has 2 aromatic carbocycles. The number of aryl methyl sites for hydroxylation is 2. The van der Waals surface area contributed by atoms with Crippen molar-refractivity contribution in [3.63, 3.8) is 0 Å². The fourth-order valence-corrected chi connectivity index (χ4v) is 3.53. The molecule has 5 nitrogen and oxygen atoms in total. The Morgan fingerprint density at radius 1 is 1.07 bits per heavy atom. The van der Waals surface area contributed by atoms with Crippen molar-refractivity contribution in [3.05, 3.63) is 69.3 Å². The SMILES string of the molecule is COCCN1C(=O)C(Nc2cccc(Br)c2)=C(c2ccc(C)cc2C)C1=O. The molecule has 2 amide bonds. The first-order valence-electron chi connectivity index (χ1n) is 8.62. The van der Waals surface area contributed by atoms with Gasteiger partial charge in [-0.05, 0) is 43.2 Å². The third kappa shape index (κ3) is 3.96. The molecule has 0 saturated heterocycles. The molecule has 1 aliphatic heterocycles. The lowest BCUT2D eigenvalue weighted by Crippen LogP contribution is -2.35. The van der Waals surface area contributed by atoms with Gasteiger partial charge in [0.1, 0.15) is 5.70 Å². The number of nitrogens with one attached hydrogen (secondary N) is 1. The first-order chi connectivity index (χ1) is 12.9. The second-order valence-electron chi connectivity index (χ2n) is 6.46. The topological polar surface area (TPSA) is 58.6 Å². The van der Waals surface area contributed by atoms with E-state index in [4.69, 9.17) is 4.74 Å². The van der Waals surface area contributed by atoms with Crippen LogP contribution in [-0.2, 0) is 14.3 Å². The number of methoxy groups -OCH3 is 1. The summed E-state index contributed by atoms with van der Waals surface area (Å²) >= 11 is 3.43. The van der Waals surface area contributed by atoms with Crippen molar-refractivity contribution in [1.29, 1.82) is 0 Å². The van der Waals surface area contributed by atoms with Crippen molar-refractivity contribution < 1.29 is 14.3 Å². The van der Waals surface area contributed by atoms with Crippen LogP contribution in [-0.4, -0.2) is 37.0 Å². The smallest absolute Gasteiger partial charge is 0.278 e. The fourth-order valence-electron chi connectivity index (χ4n) is 3.13. The quantitative estimate of drug-likeness (QED) is 0.708. The maximum atomic E-state index is 13.1. The molecule has 27 heavy (non-hydrogen) atoms. The van der Waals surface area contributed by atoms with E-state index in [0.717, 1.165) is 26.9 Å². The van der Waals surface area contributed by atoms with Crippen LogP contribution in [0.1, 0.15) is 16.7 Å². The summed E-state index contributed by atoms with van der Waals surface area (Å²) in [5.41, 5.74) is 4.24. The number of nitrogens with zero attached hydrogens (tertiary/aromatic N) is 1. The van der Waals surface area contributed by atoms with E-state index in [-0.39, 0.29) is 18.4 Å². The Balaban J connectivity index is 2.09. The van der Waals surface area contributed by atoms with Crippen LogP contribution in [0.5, 0.6) is 0 Å². The summed E-state index contributed by atoms with van der Waals surface area (Å²) in [6.07, 6.45) is 0. The van der Waals surface area contributed by atoms with Crippen molar-refractivity contribution in [2.75, 3.05) is 25.6 Å². The second kappa shape index (κ2) is 8.06. The van der Waals surface area contributed by atoms with Gasteiger partial charge in [-0.25, -0.2) is 0 Å². The van der Waals surface area contributed by atoms with E-state index < -0.39 is 0 Å². The molecule has 140 valence electrons. The second-order valence-corrected chi connectivity index (χ2v) is 7.37. The molecule has 0 fully saturated rings. The van der Waals surface area contributed by atoms with Gasteiger partial charge >= 0.3 is 0 Å². The van der Waals surface area contributed by atoms with Crippen molar-refractivity contribution in [2.24, 2.45) is 0 Å². The van der Waals surface area contributed by atoms with E-state index in [1.165, 1.54) is 4.90 Å². The molecule has 0 bridgehead atoms. The molecule has 0 radical (unpaired) electrons. The van der Waals surface area contributed by atoms with Gasteiger partial charge in [0.2, 0.25) is 0 Å². The largest absolute Gasteiger partial charge is 0.383 e. The number of halogens is 1. The molecule has 0 saturated carbocycles. The van der Waals surface area contributed by atoms with Crippen LogP contribution >= 0.6 is 15.9 Å². The summed E-state index contributed by atoms with van der Waals surface area (Å²) in [4.78, 5) is 27.3. The van der Waals surface area contributed by atoms with E-state index in [1.807, 2.05) is 56.3 Å². The predicted octanol–water partition coefficient (Wildman–Crippen LogP) is 3.90. The summed E-state index contributed by atoms with van der Waals surface area (Å²) in [5.74, 6) is -0.645. The van der Waals surface area contributed by atoms with Gasteiger partial charge in [-0.3, -0.25) is 14.5 Å². The number of ether oxygens (including phenoxy) is 1. The summed E-state index contributed by atoms with van der Waals surface area (Å²) in [6, 6.07) is 13.3. The van der Waals surface area contributed by atoms with Crippen molar-refractivity contribution >= 4 is 39.0 Å². The first-order valence-corrected chi connectivity index (χ1v) is 9.41.